The highest BCUT2D eigenvalue weighted by atomic mass is 16.7. The van der Waals surface area contributed by atoms with E-state index in [0.717, 1.165) is 5.56 Å². The van der Waals surface area contributed by atoms with Crippen LogP contribution in [0.1, 0.15) is 18.9 Å². The van der Waals surface area contributed by atoms with Crippen LogP contribution in [0, 0.1) is 5.92 Å². The number of ether oxygens (including phenoxy) is 4. The molecule has 0 aliphatic carbocycles. The Morgan fingerprint density at radius 1 is 1.22 bits per heavy atom. The molecule has 7 nitrogen and oxygen atoms in total. The van der Waals surface area contributed by atoms with Gasteiger partial charge in [-0.3, -0.25) is 4.79 Å². The van der Waals surface area contributed by atoms with E-state index in [2.05, 4.69) is 0 Å². The number of aromatic hydroxyl groups is 1. The number of allylic oxidation sites excluding steroid dienone is 1. The Kier molecular flexibility index (Phi) is 7.43. The minimum absolute atomic E-state index is 0.0284. The Balaban J connectivity index is 2.00. The van der Waals surface area contributed by atoms with Gasteiger partial charge < -0.3 is 24.1 Å². The molecule has 0 bridgehead atoms. The fraction of sp³-hybridized carbons (Fsp3) is 0.400. The SMILES string of the molecule is C/C=C1\[C@@H](OC)OC=C(C(=O)OC)[C@@H]1CC(=O)OCCc1ccc(O)cc1. The third-order valence-corrected chi connectivity index (χ3v) is 4.30. The summed E-state index contributed by atoms with van der Waals surface area (Å²) in [6.07, 6.45) is 2.87. The Hall–Kier alpha value is -2.80. The lowest BCUT2D eigenvalue weighted by Gasteiger charge is -2.30. The summed E-state index contributed by atoms with van der Waals surface area (Å²) in [5.41, 5.74) is 1.85. The minimum Gasteiger partial charge on any atom is -0.508 e. The number of benzene rings is 1. The third kappa shape index (κ3) is 5.34. The van der Waals surface area contributed by atoms with Crippen molar-refractivity contribution >= 4 is 11.9 Å². The van der Waals surface area contributed by atoms with E-state index in [9.17, 15) is 14.7 Å². The summed E-state index contributed by atoms with van der Waals surface area (Å²) in [4.78, 5) is 24.3. The van der Waals surface area contributed by atoms with Crippen LogP contribution in [0.3, 0.4) is 0 Å². The van der Waals surface area contributed by atoms with Crippen LogP contribution in [0.25, 0.3) is 0 Å². The number of hydrogen-bond acceptors (Lipinski definition) is 7. The summed E-state index contributed by atoms with van der Waals surface area (Å²) >= 11 is 0. The molecule has 27 heavy (non-hydrogen) atoms. The summed E-state index contributed by atoms with van der Waals surface area (Å²) in [7, 11) is 2.76. The number of esters is 2. The van der Waals surface area contributed by atoms with E-state index < -0.39 is 24.1 Å². The number of hydrogen-bond donors (Lipinski definition) is 1. The molecule has 0 aromatic heterocycles. The molecular formula is C20H24O7. The largest absolute Gasteiger partial charge is 0.508 e. The number of carbonyl (C=O) groups excluding carboxylic acids is 2. The third-order valence-electron chi connectivity index (χ3n) is 4.30. The van der Waals surface area contributed by atoms with Crippen molar-refractivity contribution in [1.82, 2.24) is 0 Å². The van der Waals surface area contributed by atoms with Gasteiger partial charge in [0, 0.05) is 25.0 Å². The van der Waals surface area contributed by atoms with E-state index in [0.29, 0.717) is 12.0 Å². The summed E-state index contributed by atoms with van der Waals surface area (Å²) in [5, 5.41) is 9.28. The lowest BCUT2D eigenvalue weighted by atomic mass is 9.86. The van der Waals surface area contributed by atoms with E-state index >= 15 is 0 Å². The van der Waals surface area contributed by atoms with Crippen molar-refractivity contribution in [3.8, 4) is 5.75 Å². The zero-order valence-corrected chi connectivity index (χ0v) is 15.6. The summed E-state index contributed by atoms with van der Waals surface area (Å²) < 4.78 is 20.8. The molecule has 0 saturated heterocycles. The first-order valence-corrected chi connectivity index (χ1v) is 8.56. The van der Waals surface area contributed by atoms with Crippen LogP contribution >= 0.6 is 0 Å². The molecule has 1 aromatic rings. The second-order valence-corrected chi connectivity index (χ2v) is 5.95. The maximum atomic E-state index is 12.3. The molecule has 2 atom stereocenters. The Morgan fingerprint density at radius 3 is 2.52 bits per heavy atom. The average Bonchev–Trinajstić information content (AvgIpc) is 2.68. The standard InChI is InChI=1S/C20H24O7/c1-4-15-16(17(19(23)24-2)12-27-20(15)25-3)11-18(22)26-10-9-13-5-7-14(21)8-6-13/h4-8,12,16,20-21H,9-11H2,1-3H3/b15-4-/t16-,20+/m1/s1. The topological polar surface area (TPSA) is 91.3 Å². The highest BCUT2D eigenvalue weighted by Gasteiger charge is 2.36. The van der Waals surface area contributed by atoms with Crippen molar-refractivity contribution in [2.75, 3.05) is 20.8 Å². The van der Waals surface area contributed by atoms with E-state index in [-0.39, 0.29) is 24.4 Å². The van der Waals surface area contributed by atoms with Crippen molar-refractivity contribution in [1.29, 1.82) is 0 Å². The molecule has 1 aliphatic heterocycles. The predicted molar refractivity (Wildman–Crippen MR) is 96.6 cm³/mol. The van der Waals surface area contributed by atoms with Crippen LogP contribution in [0.15, 0.2) is 47.7 Å². The van der Waals surface area contributed by atoms with Crippen LogP contribution in [0.2, 0.25) is 0 Å². The number of phenols is 1. The van der Waals surface area contributed by atoms with Crippen molar-refractivity contribution in [2.45, 2.75) is 26.1 Å². The van der Waals surface area contributed by atoms with Crippen molar-refractivity contribution in [2.24, 2.45) is 5.92 Å². The second kappa shape index (κ2) is 9.78. The molecule has 146 valence electrons. The van der Waals surface area contributed by atoms with Gasteiger partial charge in [0.1, 0.15) is 5.75 Å². The molecule has 0 amide bonds. The van der Waals surface area contributed by atoms with Crippen molar-refractivity contribution in [3.05, 3.63) is 53.3 Å². The van der Waals surface area contributed by atoms with Crippen molar-refractivity contribution < 1.29 is 33.6 Å². The molecule has 1 aromatic carbocycles. The molecule has 2 rings (SSSR count). The van der Waals surface area contributed by atoms with Gasteiger partial charge in [-0.1, -0.05) is 18.2 Å². The molecule has 7 heteroatoms. The van der Waals surface area contributed by atoms with Crippen LogP contribution in [-0.4, -0.2) is 44.2 Å². The van der Waals surface area contributed by atoms with Gasteiger partial charge in [-0.25, -0.2) is 4.79 Å². The molecule has 1 aliphatic rings. The van der Waals surface area contributed by atoms with Gasteiger partial charge in [-0.15, -0.1) is 0 Å². The number of carbonyl (C=O) groups is 2. The van der Waals surface area contributed by atoms with Crippen LogP contribution in [-0.2, 0) is 35.0 Å². The maximum absolute atomic E-state index is 12.3. The molecule has 0 saturated carbocycles. The predicted octanol–water partition coefficient (Wildman–Crippen LogP) is 2.49. The first-order valence-electron chi connectivity index (χ1n) is 8.56. The molecule has 1 heterocycles. The molecule has 0 spiro atoms. The van der Waals surface area contributed by atoms with Gasteiger partial charge in [0.05, 0.1) is 32.0 Å². The summed E-state index contributed by atoms with van der Waals surface area (Å²) in [5.74, 6) is -1.36. The van der Waals surface area contributed by atoms with Gasteiger partial charge in [0.15, 0.2) is 0 Å². The molecule has 1 N–H and O–H groups in total. The minimum atomic E-state index is -0.668. The summed E-state index contributed by atoms with van der Waals surface area (Å²) in [6.45, 7) is 1.98. The van der Waals surface area contributed by atoms with Gasteiger partial charge in [-0.05, 0) is 24.6 Å². The van der Waals surface area contributed by atoms with Crippen molar-refractivity contribution in [3.63, 3.8) is 0 Å². The number of phenolic OH excluding ortho intramolecular Hbond substituents is 1. The lowest BCUT2D eigenvalue weighted by Crippen LogP contribution is -2.32. The van der Waals surface area contributed by atoms with E-state index in [1.165, 1.54) is 20.5 Å². The summed E-state index contributed by atoms with van der Waals surface area (Å²) in [6, 6.07) is 6.69. The second-order valence-electron chi connectivity index (χ2n) is 5.95. The lowest BCUT2D eigenvalue weighted by molar-refractivity contribution is -0.145. The van der Waals surface area contributed by atoms with Crippen LogP contribution in [0.5, 0.6) is 5.75 Å². The Morgan fingerprint density at radius 2 is 1.93 bits per heavy atom. The zero-order valence-electron chi connectivity index (χ0n) is 15.6. The van der Waals surface area contributed by atoms with Gasteiger partial charge in [-0.2, -0.15) is 0 Å². The van der Waals surface area contributed by atoms with E-state index in [4.69, 9.17) is 18.9 Å². The zero-order chi connectivity index (χ0) is 19.8. The Labute approximate surface area is 158 Å². The first-order chi connectivity index (χ1) is 13.0. The highest BCUT2D eigenvalue weighted by Crippen LogP contribution is 2.34. The molecule has 0 unspecified atom stereocenters. The fourth-order valence-electron chi connectivity index (χ4n) is 2.88. The van der Waals surface area contributed by atoms with Crippen LogP contribution < -0.4 is 0 Å². The van der Waals surface area contributed by atoms with Gasteiger partial charge >= 0.3 is 11.9 Å². The molecular weight excluding hydrogens is 352 g/mol. The monoisotopic (exact) mass is 376 g/mol. The fourth-order valence-corrected chi connectivity index (χ4v) is 2.88. The van der Waals surface area contributed by atoms with Crippen LogP contribution in [0.4, 0.5) is 0 Å². The number of methoxy groups -OCH3 is 2. The van der Waals surface area contributed by atoms with E-state index in [1.54, 1.807) is 37.3 Å². The Bertz CT molecular complexity index is 718. The quantitative estimate of drug-likeness (QED) is 0.577. The average molecular weight is 376 g/mol. The number of rotatable bonds is 7. The van der Waals surface area contributed by atoms with Gasteiger partial charge in [0.2, 0.25) is 6.29 Å². The highest BCUT2D eigenvalue weighted by molar-refractivity contribution is 5.90. The van der Waals surface area contributed by atoms with Gasteiger partial charge in [0.25, 0.3) is 0 Å². The first kappa shape index (κ1) is 20.5. The maximum Gasteiger partial charge on any atom is 0.337 e. The van der Waals surface area contributed by atoms with E-state index in [1.807, 2.05) is 0 Å². The molecule has 0 fully saturated rings. The molecule has 0 radical (unpaired) electrons. The normalized spacial score (nSPS) is 20.6. The smallest absolute Gasteiger partial charge is 0.337 e.